The average molecular weight is 309 g/mol. The summed E-state index contributed by atoms with van der Waals surface area (Å²) in [6.45, 7) is 0. The Hall–Kier alpha value is -3.62. The minimum absolute atomic E-state index is 0.188. The third-order valence-corrected chi connectivity index (χ3v) is 2.91. The largest absolute Gasteiger partial charge is 0.437 e. The minimum Gasteiger partial charge on any atom is -0.358 e. The number of aromatic nitrogens is 4. The van der Waals surface area contributed by atoms with Gasteiger partial charge in [0.25, 0.3) is 5.82 Å². The van der Waals surface area contributed by atoms with Gasteiger partial charge in [-0.3, -0.25) is 0 Å². The first-order valence-electron chi connectivity index (χ1n) is 6.63. The molecule has 0 fully saturated rings. The lowest BCUT2D eigenvalue weighted by Crippen LogP contribution is -2.21. The van der Waals surface area contributed by atoms with Gasteiger partial charge in [0.2, 0.25) is 0 Å². The maximum absolute atomic E-state index is 11.3. The maximum Gasteiger partial charge on any atom is 0.437 e. The van der Waals surface area contributed by atoms with Crippen molar-refractivity contribution in [3.05, 3.63) is 76.6 Å². The van der Waals surface area contributed by atoms with Crippen LogP contribution in [-0.4, -0.2) is 31.4 Å². The molecule has 0 aliphatic heterocycles. The Morgan fingerprint density at radius 2 is 1.61 bits per heavy atom. The highest BCUT2D eigenvalue weighted by Crippen LogP contribution is 2.25. The third-order valence-electron chi connectivity index (χ3n) is 2.91. The molecule has 1 heterocycles. The first-order valence-corrected chi connectivity index (χ1v) is 6.63. The summed E-state index contributed by atoms with van der Waals surface area (Å²) < 4.78 is 0. The van der Waals surface area contributed by atoms with Crippen LogP contribution >= 0.6 is 0 Å². The number of rotatable bonds is 4. The summed E-state index contributed by atoms with van der Waals surface area (Å²) in [5, 5.41) is 29.7. The Labute approximate surface area is 130 Å². The number of para-hydroxylation sites is 2. The maximum atomic E-state index is 11.3. The molecule has 3 rings (SSSR count). The monoisotopic (exact) mass is 309 g/mol. The zero-order chi connectivity index (χ0) is 16.1. The molecule has 9 heteroatoms. The number of H-pyrrole nitrogens is 1. The highest BCUT2D eigenvalue weighted by atomic mass is 16.6. The smallest absolute Gasteiger partial charge is 0.358 e. The number of nitro groups is 1. The second-order valence-electron chi connectivity index (χ2n) is 4.40. The van der Waals surface area contributed by atoms with Crippen molar-refractivity contribution in [2.45, 2.75) is 0 Å². The van der Waals surface area contributed by atoms with E-state index in [2.05, 4.69) is 25.7 Å². The number of hydrogen-bond donors (Lipinski definition) is 1. The third kappa shape index (κ3) is 3.18. The Bertz CT molecular complexity index is 764. The molecule has 1 aromatic heterocycles. The highest BCUT2D eigenvalue weighted by molar-refractivity contribution is 5.89. The number of aromatic amines is 1. The molecule has 0 aliphatic carbocycles. The van der Waals surface area contributed by atoms with Crippen LogP contribution in [0.15, 0.2) is 65.8 Å². The van der Waals surface area contributed by atoms with Crippen molar-refractivity contribution in [1.29, 1.82) is 0 Å². The van der Waals surface area contributed by atoms with Gasteiger partial charge in [0.15, 0.2) is 0 Å². The predicted octanol–water partition coefficient (Wildman–Crippen LogP) is 1.98. The van der Waals surface area contributed by atoms with Crippen LogP contribution in [0.2, 0.25) is 0 Å². The van der Waals surface area contributed by atoms with E-state index in [1.165, 1.54) is 5.01 Å². The lowest BCUT2D eigenvalue weighted by atomic mass is 10.2. The van der Waals surface area contributed by atoms with Crippen molar-refractivity contribution < 1.29 is 4.92 Å². The van der Waals surface area contributed by atoms with Crippen LogP contribution in [0.3, 0.4) is 0 Å². The number of anilines is 2. The van der Waals surface area contributed by atoms with E-state index in [9.17, 15) is 10.1 Å². The molecule has 0 unspecified atom stereocenters. The zero-order valence-electron chi connectivity index (χ0n) is 11.8. The number of nitrogens with one attached hydrogen (secondary N) is 1. The molecule has 0 saturated heterocycles. The lowest BCUT2D eigenvalue weighted by Gasteiger charge is -2.13. The van der Waals surface area contributed by atoms with Crippen molar-refractivity contribution in [2.75, 3.05) is 5.01 Å². The lowest BCUT2D eigenvalue weighted by molar-refractivity contribution is -0.349. The van der Waals surface area contributed by atoms with E-state index in [1.54, 1.807) is 24.3 Å². The SMILES string of the molecule is O=[N+]([O-])C(=NN(c1ccccc1)c1ccccc1)c1nn[nH]n1. The second kappa shape index (κ2) is 6.43. The van der Waals surface area contributed by atoms with Gasteiger partial charge in [-0.25, -0.2) is 0 Å². The molecule has 0 saturated carbocycles. The van der Waals surface area contributed by atoms with Gasteiger partial charge in [0.05, 0.1) is 16.5 Å². The molecule has 1 N–H and O–H groups in total. The number of tetrazole rings is 1. The van der Waals surface area contributed by atoms with Crippen molar-refractivity contribution in [3.63, 3.8) is 0 Å². The summed E-state index contributed by atoms with van der Waals surface area (Å²) in [5.74, 6) is -0.696. The predicted molar refractivity (Wildman–Crippen MR) is 82.7 cm³/mol. The van der Waals surface area contributed by atoms with Gasteiger partial charge in [0, 0.05) is 0 Å². The summed E-state index contributed by atoms with van der Waals surface area (Å²) in [5.41, 5.74) is 1.34. The molecule has 9 nitrogen and oxygen atoms in total. The molecular weight excluding hydrogens is 298 g/mol. The number of amidine groups is 1. The summed E-state index contributed by atoms with van der Waals surface area (Å²) in [4.78, 5) is 10.7. The quantitative estimate of drug-likeness (QED) is 0.341. The van der Waals surface area contributed by atoms with Crippen LogP contribution in [0.4, 0.5) is 11.4 Å². The topological polar surface area (TPSA) is 113 Å². The van der Waals surface area contributed by atoms with Crippen LogP contribution in [-0.2, 0) is 0 Å². The molecule has 23 heavy (non-hydrogen) atoms. The summed E-state index contributed by atoms with van der Waals surface area (Å²) in [7, 11) is 0. The van der Waals surface area contributed by atoms with E-state index in [-0.39, 0.29) is 5.82 Å². The molecule has 0 aliphatic rings. The van der Waals surface area contributed by atoms with Crippen LogP contribution in [0, 0.1) is 10.1 Å². The fourth-order valence-corrected chi connectivity index (χ4v) is 1.92. The molecule has 0 spiro atoms. The van der Waals surface area contributed by atoms with Crippen LogP contribution in [0.5, 0.6) is 0 Å². The normalized spacial score (nSPS) is 11.2. The molecule has 114 valence electrons. The second-order valence-corrected chi connectivity index (χ2v) is 4.40. The van der Waals surface area contributed by atoms with Crippen molar-refractivity contribution in [2.24, 2.45) is 5.10 Å². The Balaban J connectivity index is 2.12. The standard InChI is InChI=1S/C14H11N7O2/c22-21(23)14(13-15-18-19-16-13)17-20(11-7-3-1-4-8-11)12-9-5-2-6-10-12/h1-10H,(H,15,16,18,19). The van der Waals surface area contributed by atoms with E-state index < -0.39 is 10.8 Å². The van der Waals surface area contributed by atoms with Gasteiger partial charge in [-0.15, -0.1) is 10.1 Å². The van der Waals surface area contributed by atoms with Crippen molar-refractivity contribution >= 4 is 17.2 Å². The molecule has 0 radical (unpaired) electrons. The Morgan fingerprint density at radius 3 is 2.04 bits per heavy atom. The van der Waals surface area contributed by atoms with Gasteiger partial charge < -0.3 is 10.1 Å². The van der Waals surface area contributed by atoms with E-state index in [1.807, 2.05) is 36.4 Å². The van der Waals surface area contributed by atoms with Crippen LogP contribution < -0.4 is 5.01 Å². The van der Waals surface area contributed by atoms with Gasteiger partial charge >= 0.3 is 5.84 Å². The number of hydrazone groups is 1. The number of benzene rings is 2. The molecular formula is C14H11N7O2. The van der Waals surface area contributed by atoms with E-state index in [4.69, 9.17) is 0 Å². The van der Waals surface area contributed by atoms with E-state index >= 15 is 0 Å². The first-order chi connectivity index (χ1) is 11.3. The summed E-state index contributed by atoms with van der Waals surface area (Å²) >= 11 is 0. The van der Waals surface area contributed by atoms with Gasteiger partial charge in [-0.2, -0.15) is 5.21 Å². The molecule has 3 aromatic rings. The van der Waals surface area contributed by atoms with Gasteiger partial charge in [-0.05, 0) is 34.4 Å². The Kier molecular flexibility index (Phi) is 4.01. The highest BCUT2D eigenvalue weighted by Gasteiger charge is 2.26. The Morgan fingerprint density at radius 1 is 1.04 bits per heavy atom. The molecule has 0 atom stereocenters. The van der Waals surface area contributed by atoms with Crippen LogP contribution in [0.25, 0.3) is 0 Å². The number of nitrogens with zero attached hydrogens (tertiary/aromatic N) is 6. The first kappa shape index (κ1) is 14.3. The fraction of sp³-hybridized carbons (Fsp3) is 0. The van der Waals surface area contributed by atoms with Gasteiger partial charge in [0.1, 0.15) is 0 Å². The van der Waals surface area contributed by atoms with Crippen molar-refractivity contribution in [3.8, 4) is 0 Å². The van der Waals surface area contributed by atoms with Crippen LogP contribution in [0.1, 0.15) is 5.82 Å². The zero-order valence-corrected chi connectivity index (χ0v) is 11.8. The van der Waals surface area contributed by atoms with Crippen molar-refractivity contribution in [1.82, 2.24) is 20.6 Å². The summed E-state index contributed by atoms with van der Waals surface area (Å²) in [6, 6.07) is 18.2. The molecule has 0 bridgehead atoms. The summed E-state index contributed by atoms with van der Waals surface area (Å²) in [6.07, 6.45) is 0. The molecule has 2 aromatic carbocycles. The molecule has 0 amide bonds. The average Bonchev–Trinajstić information content (AvgIpc) is 3.11. The van der Waals surface area contributed by atoms with E-state index in [0.29, 0.717) is 11.4 Å². The van der Waals surface area contributed by atoms with E-state index in [0.717, 1.165) is 0 Å². The van der Waals surface area contributed by atoms with Gasteiger partial charge in [-0.1, -0.05) is 41.5 Å². The fourth-order valence-electron chi connectivity index (χ4n) is 1.92. The number of hydrogen-bond acceptors (Lipinski definition) is 7. The minimum atomic E-state index is -0.649.